The molecule has 456 valence electrons. The highest BCUT2D eigenvalue weighted by atomic mass is 16.3. The van der Waals surface area contributed by atoms with Gasteiger partial charge in [0.05, 0.1) is 17.0 Å². The molecule has 2 aliphatic heterocycles. The molecule has 4 nitrogen and oxygen atoms in total. The lowest BCUT2D eigenvalue weighted by molar-refractivity contribution is 0.332. The first kappa shape index (κ1) is 56.9. The van der Waals surface area contributed by atoms with E-state index in [0.29, 0.717) is 0 Å². The van der Waals surface area contributed by atoms with Gasteiger partial charge in [-0.15, -0.1) is 0 Å². The molecule has 0 N–H and O–H groups in total. The summed E-state index contributed by atoms with van der Waals surface area (Å²) >= 11 is 0. The quantitative estimate of drug-likeness (QED) is 0.160. The maximum atomic E-state index is 7.90. The largest absolute Gasteiger partial charge is 0.468 e. The lowest BCUT2D eigenvalue weighted by atomic mass is 9.35. The van der Waals surface area contributed by atoms with Crippen LogP contribution in [0.25, 0.3) is 33.2 Å². The second-order valence-electron chi connectivity index (χ2n) is 33.7. The Morgan fingerprint density at radius 2 is 0.791 bits per heavy atom. The van der Waals surface area contributed by atoms with Gasteiger partial charge in [0.1, 0.15) is 5.58 Å². The predicted molar refractivity (Wildman–Crippen MR) is 386 cm³/mol. The number of fused-ring (bicyclic) bond motifs is 15. The van der Waals surface area contributed by atoms with Crippen LogP contribution < -0.4 is 31.3 Å². The fourth-order valence-electron chi connectivity index (χ4n) is 18.7. The Labute approximate surface area is 541 Å². The van der Waals surface area contributed by atoms with E-state index in [1.165, 1.54) is 117 Å². The van der Waals surface area contributed by atoms with Gasteiger partial charge in [-0.2, -0.15) is 0 Å². The minimum atomic E-state index is -0.225. The molecule has 9 aromatic carbocycles. The lowest BCUT2D eigenvalue weighted by Crippen LogP contribution is -2.61. The monoisotopic (exact) mass is 1190 g/mol. The van der Waals surface area contributed by atoms with Crippen molar-refractivity contribution < 1.29 is 4.42 Å². The Bertz CT molecular complexity index is 4700. The van der Waals surface area contributed by atoms with Gasteiger partial charge in [0.15, 0.2) is 0 Å². The Morgan fingerprint density at radius 3 is 1.34 bits per heavy atom. The van der Waals surface area contributed by atoms with Crippen molar-refractivity contribution in [2.24, 2.45) is 0 Å². The van der Waals surface area contributed by atoms with Crippen LogP contribution in [-0.2, 0) is 43.3 Å². The Hall–Kier alpha value is -8.02. The fraction of sp³-hybridized carbons (Fsp3) is 0.349. The third-order valence-electron chi connectivity index (χ3n) is 24.6. The van der Waals surface area contributed by atoms with Crippen molar-refractivity contribution in [2.45, 2.75) is 193 Å². The van der Waals surface area contributed by atoms with Crippen LogP contribution in [0, 0.1) is 0 Å². The zero-order valence-electron chi connectivity index (χ0n) is 56.7. The zero-order chi connectivity index (χ0) is 63.2. The summed E-state index contributed by atoms with van der Waals surface area (Å²) in [7, 11) is 0. The Balaban J connectivity index is 1.02. The van der Waals surface area contributed by atoms with E-state index in [1.54, 1.807) is 0 Å². The summed E-state index contributed by atoms with van der Waals surface area (Å²) < 4.78 is 7.90. The molecule has 0 atom stereocenters. The van der Waals surface area contributed by atoms with E-state index in [0.717, 1.165) is 78.2 Å². The summed E-state index contributed by atoms with van der Waals surface area (Å²) in [5, 5.41) is 1.18. The average molecular weight is 1190 g/mol. The molecule has 0 radical (unpaired) electrons. The van der Waals surface area contributed by atoms with Crippen LogP contribution >= 0.6 is 0 Å². The molecule has 0 fully saturated rings. The minimum absolute atomic E-state index is 0.000880. The molecule has 0 saturated carbocycles. The van der Waals surface area contributed by atoms with Gasteiger partial charge < -0.3 is 19.1 Å². The maximum Gasteiger partial charge on any atom is 0.297 e. The summed E-state index contributed by atoms with van der Waals surface area (Å²) in [5.41, 5.74) is 34.1. The summed E-state index contributed by atoms with van der Waals surface area (Å²) in [6.07, 6.45) is 6.81. The van der Waals surface area contributed by atoms with E-state index in [1.807, 2.05) is 0 Å². The van der Waals surface area contributed by atoms with Crippen molar-refractivity contribution in [3.05, 3.63) is 225 Å². The first-order valence-corrected chi connectivity index (χ1v) is 34.2. The van der Waals surface area contributed by atoms with Crippen molar-refractivity contribution in [1.82, 2.24) is 0 Å². The number of hydrogen-bond donors (Lipinski definition) is 0. The van der Waals surface area contributed by atoms with Crippen LogP contribution in [0.3, 0.4) is 0 Å². The number of hydrogen-bond acceptors (Lipinski definition) is 4. The van der Waals surface area contributed by atoms with Gasteiger partial charge in [-0.25, -0.2) is 0 Å². The van der Waals surface area contributed by atoms with Crippen LogP contribution in [0.2, 0.25) is 0 Å². The van der Waals surface area contributed by atoms with Crippen molar-refractivity contribution in [2.75, 3.05) is 14.7 Å². The number of rotatable bonds is 5. The van der Waals surface area contributed by atoms with Crippen molar-refractivity contribution in [3.8, 4) is 22.3 Å². The third-order valence-corrected chi connectivity index (χ3v) is 24.6. The van der Waals surface area contributed by atoms with Gasteiger partial charge in [0.25, 0.3) is 6.71 Å². The molecule has 17 rings (SSSR count). The molecule has 7 aliphatic rings. The number of anilines is 9. The normalized spacial score (nSPS) is 20.0. The van der Waals surface area contributed by atoms with Crippen molar-refractivity contribution in [3.63, 3.8) is 0 Å². The molecule has 1 aromatic heterocycles. The first-order chi connectivity index (χ1) is 43.1. The van der Waals surface area contributed by atoms with Crippen molar-refractivity contribution in [1.29, 1.82) is 0 Å². The lowest BCUT2D eigenvalue weighted by Gasteiger charge is -2.47. The molecule has 10 aromatic rings. The van der Waals surface area contributed by atoms with E-state index in [4.69, 9.17) is 4.42 Å². The van der Waals surface area contributed by atoms with E-state index < -0.39 is 0 Å². The van der Waals surface area contributed by atoms with E-state index >= 15 is 0 Å². The van der Waals surface area contributed by atoms with Gasteiger partial charge in [0.2, 0.25) is 0 Å². The van der Waals surface area contributed by atoms with Crippen LogP contribution in [0.5, 0.6) is 0 Å². The van der Waals surface area contributed by atoms with E-state index in [-0.39, 0.29) is 50.0 Å². The fourth-order valence-corrected chi connectivity index (χ4v) is 18.7. The SMILES string of the molecule is CC1(C)CCC(C)(C)c2cc(N3c4cc5c(cc4B4c6oc7cc8c(cc7c6N(c6ccccc6)c6cc(N(c7ccc9c(c7)C(C)(C)c7ccccc7-9)c7ccc9c(c7)C(C)(C)c7ccccc7-9)cc3c64)C(C)(C)CCC8(C)C)C(C)(C)CCC5(C)C)ccc21. The molecular weight excluding hydrogens is 1100 g/mol. The molecule has 0 spiro atoms. The second kappa shape index (κ2) is 18.4. The number of benzene rings is 9. The molecule has 3 heterocycles. The topological polar surface area (TPSA) is 22.9 Å². The molecule has 0 unspecified atom stereocenters. The van der Waals surface area contributed by atoms with E-state index in [2.05, 4.69) is 295 Å². The standard InChI is InChI=1S/C86H88BN3O/c1-79(2)36-37-80(3,4)66-44-54(32-35-63(66)79)89-72-49-69-68(82(7,8)39-40-83(69,9)10)48-71(72)87-76-73(89)45-55(46-74(76)90(51-24-18-17-19-25-51)77-60-47-67-70(50-75(60)91-78(77)87)84(11,12)41-38-81(67,5)6)88(52-30-33-58-56-26-20-22-28-61(56)85(13,14)64(58)42-52)53-31-34-59-57-27-21-23-29-62(57)86(15,16)65(59)43-53/h17-35,42-50H,36-41H2,1-16H3. The van der Waals surface area contributed by atoms with Gasteiger partial charge in [-0.1, -0.05) is 202 Å². The van der Waals surface area contributed by atoms with Crippen LogP contribution in [0.1, 0.15) is 205 Å². The first-order valence-electron chi connectivity index (χ1n) is 34.2. The molecular formula is C86H88BN3O. The minimum Gasteiger partial charge on any atom is -0.468 e. The smallest absolute Gasteiger partial charge is 0.297 e. The maximum absolute atomic E-state index is 7.90. The highest BCUT2D eigenvalue weighted by Crippen LogP contribution is 2.59. The second-order valence-corrected chi connectivity index (χ2v) is 33.7. The van der Waals surface area contributed by atoms with Gasteiger partial charge in [0, 0.05) is 56.0 Å². The predicted octanol–water partition coefficient (Wildman–Crippen LogP) is 21.6. The highest BCUT2D eigenvalue weighted by molar-refractivity contribution is 7.00. The summed E-state index contributed by atoms with van der Waals surface area (Å²) in [4.78, 5) is 7.99. The summed E-state index contributed by atoms with van der Waals surface area (Å²) in [5.74, 6) is 0. The van der Waals surface area contributed by atoms with Gasteiger partial charge in [-0.3, -0.25) is 0 Å². The van der Waals surface area contributed by atoms with E-state index in [9.17, 15) is 0 Å². The number of para-hydroxylation sites is 1. The number of furan rings is 1. The average Bonchev–Trinajstić information content (AvgIpc) is 1.67. The summed E-state index contributed by atoms with van der Waals surface area (Å²) in [6, 6.07) is 67.4. The Kier molecular flexibility index (Phi) is 11.5. The van der Waals surface area contributed by atoms with Crippen LogP contribution in [0.15, 0.2) is 174 Å². The molecule has 91 heavy (non-hydrogen) atoms. The number of nitrogens with zero attached hydrogens (tertiary/aromatic N) is 3. The van der Waals surface area contributed by atoms with Gasteiger partial charge >= 0.3 is 0 Å². The molecule has 0 bridgehead atoms. The molecule has 5 aliphatic carbocycles. The zero-order valence-corrected chi connectivity index (χ0v) is 56.7. The van der Waals surface area contributed by atoms with Crippen LogP contribution in [0.4, 0.5) is 51.2 Å². The molecule has 0 saturated heterocycles. The van der Waals surface area contributed by atoms with Crippen LogP contribution in [-0.4, -0.2) is 6.71 Å². The van der Waals surface area contributed by atoms with Gasteiger partial charge in [-0.05, 0) is 239 Å². The summed E-state index contributed by atoms with van der Waals surface area (Å²) in [6.45, 7) is 39.2. The third kappa shape index (κ3) is 7.88. The molecule has 0 amide bonds. The molecule has 5 heteroatoms. The Morgan fingerprint density at radius 1 is 0.341 bits per heavy atom. The van der Waals surface area contributed by atoms with Crippen molar-refractivity contribution >= 4 is 85.5 Å². The highest BCUT2D eigenvalue weighted by Gasteiger charge is 2.51.